The Balaban J connectivity index is 1.66. The molecule has 7 nitrogen and oxygen atoms in total. The van der Waals surface area contributed by atoms with E-state index in [0.717, 1.165) is 0 Å². The highest BCUT2D eigenvalue weighted by Crippen LogP contribution is 2.36. The van der Waals surface area contributed by atoms with Crippen molar-refractivity contribution in [3.05, 3.63) is 47.0 Å². The SMILES string of the molecule is CC1(C)OB(c2cnc(-c3nc4ccccc4c(=O)[nH]3)cn2)OC1(C)C. The van der Waals surface area contributed by atoms with Gasteiger partial charge < -0.3 is 14.3 Å². The highest BCUT2D eigenvalue weighted by Gasteiger charge is 2.52. The van der Waals surface area contributed by atoms with Gasteiger partial charge in [-0.15, -0.1) is 0 Å². The topological polar surface area (TPSA) is 90.0 Å². The van der Waals surface area contributed by atoms with Crippen LogP contribution in [0.5, 0.6) is 0 Å². The number of aromatic nitrogens is 4. The second-order valence-electron chi connectivity index (χ2n) is 7.35. The van der Waals surface area contributed by atoms with E-state index in [1.165, 1.54) is 0 Å². The predicted octanol–water partition coefficient (Wildman–Crippen LogP) is 1.68. The number of nitrogens with one attached hydrogen (secondary N) is 1. The van der Waals surface area contributed by atoms with Crippen LogP contribution in [-0.4, -0.2) is 38.3 Å². The largest absolute Gasteiger partial charge is 0.516 e. The molecule has 1 fully saturated rings. The Kier molecular flexibility index (Phi) is 3.71. The molecule has 0 saturated carbocycles. The number of aromatic amines is 1. The van der Waals surface area contributed by atoms with Crippen LogP contribution in [0.4, 0.5) is 0 Å². The number of nitrogens with zero attached hydrogens (tertiary/aromatic N) is 3. The summed E-state index contributed by atoms with van der Waals surface area (Å²) >= 11 is 0. The van der Waals surface area contributed by atoms with Gasteiger partial charge in [-0.1, -0.05) is 12.1 Å². The lowest BCUT2D eigenvalue weighted by Gasteiger charge is -2.32. The van der Waals surface area contributed by atoms with Gasteiger partial charge in [-0.25, -0.2) is 4.98 Å². The van der Waals surface area contributed by atoms with E-state index < -0.39 is 18.3 Å². The second-order valence-corrected chi connectivity index (χ2v) is 7.35. The molecule has 0 atom stereocenters. The molecular weight excluding hydrogens is 331 g/mol. The highest BCUT2D eigenvalue weighted by atomic mass is 16.7. The van der Waals surface area contributed by atoms with E-state index in [1.54, 1.807) is 30.6 Å². The van der Waals surface area contributed by atoms with Gasteiger partial charge in [0.15, 0.2) is 5.82 Å². The van der Waals surface area contributed by atoms with Crippen molar-refractivity contribution >= 4 is 23.6 Å². The number of benzene rings is 1. The minimum absolute atomic E-state index is 0.206. The third kappa shape index (κ3) is 2.71. The van der Waals surface area contributed by atoms with Gasteiger partial charge in [0.05, 0.1) is 33.9 Å². The van der Waals surface area contributed by atoms with Gasteiger partial charge in [-0.2, -0.15) is 0 Å². The average Bonchev–Trinajstić information content (AvgIpc) is 2.83. The van der Waals surface area contributed by atoms with Gasteiger partial charge >= 0.3 is 7.12 Å². The first-order chi connectivity index (χ1) is 12.3. The summed E-state index contributed by atoms with van der Waals surface area (Å²) < 4.78 is 11.9. The molecule has 26 heavy (non-hydrogen) atoms. The number of hydrogen-bond acceptors (Lipinski definition) is 6. The van der Waals surface area contributed by atoms with Crippen molar-refractivity contribution in [2.75, 3.05) is 0 Å². The van der Waals surface area contributed by atoms with E-state index >= 15 is 0 Å². The molecule has 2 aromatic heterocycles. The van der Waals surface area contributed by atoms with Crippen LogP contribution in [0.25, 0.3) is 22.4 Å². The van der Waals surface area contributed by atoms with Crippen LogP contribution in [-0.2, 0) is 9.31 Å². The summed E-state index contributed by atoms with van der Waals surface area (Å²) in [6.45, 7) is 7.94. The Morgan fingerprint density at radius 2 is 1.69 bits per heavy atom. The van der Waals surface area contributed by atoms with Crippen LogP contribution in [0.1, 0.15) is 27.7 Å². The Labute approximate surface area is 151 Å². The van der Waals surface area contributed by atoms with E-state index in [1.807, 2.05) is 33.8 Å². The smallest absolute Gasteiger partial charge is 0.398 e. The summed E-state index contributed by atoms with van der Waals surface area (Å²) in [6, 6.07) is 7.17. The fourth-order valence-corrected chi connectivity index (χ4v) is 2.75. The minimum atomic E-state index is -0.579. The first-order valence-electron chi connectivity index (χ1n) is 8.44. The lowest BCUT2D eigenvalue weighted by Crippen LogP contribution is -2.41. The number of rotatable bonds is 2. The number of H-pyrrole nitrogens is 1. The lowest BCUT2D eigenvalue weighted by atomic mass is 9.85. The zero-order chi connectivity index (χ0) is 18.5. The van der Waals surface area contributed by atoms with Crippen LogP contribution in [0.3, 0.4) is 0 Å². The van der Waals surface area contributed by atoms with E-state index in [4.69, 9.17) is 9.31 Å². The van der Waals surface area contributed by atoms with Crippen molar-refractivity contribution in [2.45, 2.75) is 38.9 Å². The molecule has 8 heteroatoms. The molecule has 1 aliphatic rings. The maximum atomic E-state index is 12.2. The van der Waals surface area contributed by atoms with Crippen LogP contribution in [0.2, 0.25) is 0 Å². The molecule has 132 valence electrons. The molecule has 4 rings (SSSR count). The first-order valence-corrected chi connectivity index (χ1v) is 8.44. The van der Waals surface area contributed by atoms with Crippen LogP contribution < -0.4 is 11.2 Å². The van der Waals surface area contributed by atoms with Crippen molar-refractivity contribution < 1.29 is 9.31 Å². The molecule has 0 bridgehead atoms. The number of para-hydroxylation sites is 1. The summed E-state index contributed by atoms with van der Waals surface area (Å²) in [4.78, 5) is 28.2. The minimum Gasteiger partial charge on any atom is -0.398 e. The van der Waals surface area contributed by atoms with Crippen molar-refractivity contribution in [1.29, 1.82) is 0 Å². The standard InChI is InChI=1S/C18H19BN4O3/c1-17(2)18(3,4)26-19(25-17)14-10-20-13(9-21-14)15-22-12-8-6-5-7-11(12)16(24)23-15/h5-10H,1-4H3,(H,22,23,24). The molecule has 1 saturated heterocycles. The average molecular weight is 350 g/mol. The van der Waals surface area contributed by atoms with E-state index in [2.05, 4.69) is 19.9 Å². The molecule has 3 heterocycles. The van der Waals surface area contributed by atoms with Crippen molar-refractivity contribution in [3.63, 3.8) is 0 Å². The lowest BCUT2D eigenvalue weighted by molar-refractivity contribution is 0.00578. The predicted molar refractivity (Wildman–Crippen MR) is 99.1 cm³/mol. The summed E-state index contributed by atoms with van der Waals surface area (Å²) in [5, 5.41) is 0.540. The zero-order valence-corrected chi connectivity index (χ0v) is 15.1. The van der Waals surface area contributed by atoms with Gasteiger partial charge in [-0.3, -0.25) is 14.8 Å². The van der Waals surface area contributed by atoms with Crippen molar-refractivity contribution in [1.82, 2.24) is 19.9 Å². The van der Waals surface area contributed by atoms with Gasteiger partial charge in [0.1, 0.15) is 5.69 Å². The van der Waals surface area contributed by atoms with Crippen LogP contribution in [0.15, 0.2) is 41.5 Å². The Bertz CT molecular complexity index is 1010. The Morgan fingerprint density at radius 3 is 2.35 bits per heavy atom. The van der Waals surface area contributed by atoms with E-state index in [9.17, 15) is 4.79 Å². The van der Waals surface area contributed by atoms with E-state index in [0.29, 0.717) is 28.0 Å². The summed E-state index contributed by atoms with van der Waals surface area (Å²) in [5.41, 5.74) is 0.584. The van der Waals surface area contributed by atoms with Crippen LogP contribution >= 0.6 is 0 Å². The maximum absolute atomic E-state index is 12.2. The molecule has 1 N–H and O–H groups in total. The Morgan fingerprint density at radius 1 is 1.00 bits per heavy atom. The second kappa shape index (κ2) is 5.72. The summed E-state index contributed by atoms with van der Waals surface area (Å²) in [5.74, 6) is 0.377. The Hall–Kier alpha value is -2.58. The molecule has 0 radical (unpaired) electrons. The fourth-order valence-electron chi connectivity index (χ4n) is 2.75. The summed E-state index contributed by atoms with van der Waals surface area (Å²) in [7, 11) is -0.579. The molecule has 1 aromatic carbocycles. The molecule has 0 amide bonds. The molecule has 1 aliphatic heterocycles. The van der Waals surface area contributed by atoms with Gasteiger partial charge in [0.2, 0.25) is 0 Å². The molecule has 0 unspecified atom stereocenters. The molecular formula is C18H19BN4O3. The molecule has 0 spiro atoms. The highest BCUT2D eigenvalue weighted by molar-refractivity contribution is 6.61. The molecule has 3 aromatic rings. The van der Waals surface area contributed by atoms with Crippen molar-refractivity contribution in [3.8, 4) is 11.5 Å². The molecule has 0 aliphatic carbocycles. The van der Waals surface area contributed by atoms with E-state index in [-0.39, 0.29) is 5.56 Å². The summed E-state index contributed by atoms with van der Waals surface area (Å²) in [6.07, 6.45) is 3.15. The maximum Gasteiger partial charge on any atom is 0.516 e. The third-order valence-electron chi connectivity index (χ3n) is 5.02. The monoisotopic (exact) mass is 350 g/mol. The quantitative estimate of drug-likeness (QED) is 0.708. The first kappa shape index (κ1) is 16.9. The van der Waals surface area contributed by atoms with Crippen molar-refractivity contribution in [2.24, 2.45) is 0 Å². The van der Waals surface area contributed by atoms with Gasteiger partial charge in [0, 0.05) is 6.20 Å². The van der Waals surface area contributed by atoms with Gasteiger partial charge in [-0.05, 0) is 39.8 Å². The number of fused-ring (bicyclic) bond motifs is 1. The van der Waals surface area contributed by atoms with Crippen LogP contribution in [0, 0.1) is 0 Å². The third-order valence-corrected chi connectivity index (χ3v) is 5.02. The fraction of sp³-hybridized carbons (Fsp3) is 0.333. The van der Waals surface area contributed by atoms with Gasteiger partial charge in [0.25, 0.3) is 5.56 Å². The normalized spacial score (nSPS) is 18.4. The zero-order valence-electron chi connectivity index (χ0n) is 15.1. The number of hydrogen-bond donors (Lipinski definition) is 1.